The molecule has 18 heavy (non-hydrogen) atoms. The van der Waals surface area contributed by atoms with Crippen LogP contribution in [0.1, 0.15) is 31.4 Å². The number of imidazole rings is 1. The smallest absolute Gasteiger partial charge is 0.193 e. The molecule has 0 spiro atoms. The van der Waals surface area contributed by atoms with Gasteiger partial charge in [0.1, 0.15) is 0 Å². The van der Waals surface area contributed by atoms with E-state index in [0.717, 1.165) is 23.8 Å². The summed E-state index contributed by atoms with van der Waals surface area (Å²) in [7, 11) is 0. The van der Waals surface area contributed by atoms with Crippen LogP contribution in [0.4, 0.5) is 0 Å². The van der Waals surface area contributed by atoms with Gasteiger partial charge in [-0.05, 0) is 32.2 Å². The van der Waals surface area contributed by atoms with E-state index in [-0.39, 0.29) is 0 Å². The van der Waals surface area contributed by atoms with Crippen molar-refractivity contribution in [2.75, 3.05) is 12.4 Å². The summed E-state index contributed by atoms with van der Waals surface area (Å²) in [6.07, 6.45) is 9.22. The lowest BCUT2D eigenvalue weighted by Gasteiger charge is -2.23. The second kappa shape index (κ2) is 5.59. The molecule has 1 atom stereocenters. The molecular weight excluding hydrogens is 266 g/mol. The van der Waals surface area contributed by atoms with Crippen molar-refractivity contribution in [2.45, 2.75) is 38.3 Å². The molecule has 3 nitrogen and oxygen atoms in total. The Hall–Kier alpha value is -0.580. The molecule has 1 saturated heterocycles. The van der Waals surface area contributed by atoms with Crippen LogP contribution in [0.2, 0.25) is 0 Å². The van der Waals surface area contributed by atoms with E-state index in [1.54, 1.807) is 11.3 Å². The summed E-state index contributed by atoms with van der Waals surface area (Å²) in [5, 5.41) is 2.07. The minimum absolute atomic E-state index is 0.712. The van der Waals surface area contributed by atoms with Crippen molar-refractivity contribution in [1.29, 1.82) is 0 Å². The molecule has 2 aromatic rings. The summed E-state index contributed by atoms with van der Waals surface area (Å²) in [5.41, 5.74) is 1.19. The molecule has 5 heteroatoms. The van der Waals surface area contributed by atoms with Crippen LogP contribution in [-0.4, -0.2) is 32.8 Å². The molecule has 0 amide bonds. The van der Waals surface area contributed by atoms with Crippen molar-refractivity contribution >= 4 is 27.9 Å². The molecule has 1 unspecified atom stereocenters. The van der Waals surface area contributed by atoms with Crippen LogP contribution in [0.15, 0.2) is 17.8 Å². The molecule has 3 rings (SSSR count). The molecule has 0 aliphatic carbocycles. The Labute approximate surface area is 116 Å². The summed E-state index contributed by atoms with van der Waals surface area (Å²) in [6.45, 7) is 2.19. The maximum absolute atomic E-state index is 5.79. The van der Waals surface area contributed by atoms with Crippen LogP contribution in [0, 0.1) is 0 Å². The maximum Gasteiger partial charge on any atom is 0.193 e. The quantitative estimate of drug-likeness (QED) is 0.784. The predicted octanol–water partition coefficient (Wildman–Crippen LogP) is 3.38. The number of aromatic nitrogens is 2. The molecule has 3 heterocycles. The number of rotatable bonds is 5. The van der Waals surface area contributed by atoms with E-state index < -0.39 is 0 Å². The van der Waals surface area contributed by atoms with Gasteiger partial charge in [-0.1, -0.05) is 0 Å². The third-order valence-corrected chi connectivity index (χ3v) is 4.72. The zero-order valence-corrected chi connectivity index (χ0v) is 12.0. The highest BCUT2D eigenvalue weighted by atomic mass is 35.5. The van der Waals surface area contributed by atoms with E-state index in [2.05, 4.69) is 32.1 Å². The van der Waals surface area contributed by atoms with Gasteiger partial charge in [0.2, 0.25) is 0 Å². The Morgan fingerprint density at radius 1 is 1.50 bits per heavy atom. The fourth-order valence-electron chi connectivity index (χ4n) is 2.80. The molecule has 0 radical (unpaired) electrons. The van der Waals surface area contributed by atoms with Crippen LogP contribution in [0.5, 0.6) is 0 Å². The van der Waals surface area contributed by atoms with Crippen LogP contribution < -0.4 is 0 Å². The Morgan fingerprint density at radius 3 is 3.28 bits per heavy atom. The lowest BCUT2D eigenvalue weighted by atomic mass is 10.1. The van der Waals surface area contributed by atoms with Crippen LogP contribution in [0.25, 0.3) is 4.96 Å². The number of thiazole rings is 1. The minimum atomic E-state index is 0.712. The first-order valence-corrected chi connectivity index (χ1v) is 7.99. The third-order valence-electron chi connectivity index (χ3n) is 3.68. The zero-order valence-electron chi connectivity index (χ0n) is 10.4. The van der Waals surface area contributed by atoms with E-state index in [0.29, 0.717) is 6.04 Å². The summed E-state index contributed by atoms with van der Waals surface area (Å²) >= 11 is 7.49. The number of halogens is 1. The summed E-state index contributed by atoms with van der Waals surface area (Å²) in [6, 6.07) is 0.712. The summed E-state index contributed by atoms with van der Waals surface area (Å²) < 4.78 is 2.11. The number of fused-ring (bicyclic) bond motifs is 1. The van der Waals surface area contributed by atoms with Gasteiger partial charge in [0, 0.05) is 36.2 Å². The van der Waals surface area contributed by atoms with Crippen molar-refractivity contribution in [3.8, 4) is 0 Å². The molecule has 0 N–H and O–H groups in total. The highest BCUT2D eigenvalue weighted by Gasteiger charge is 2.24. The minimum Gasteiger partial charge on any atom is -0.297 e. The topological polar surface area (TPSA) is 20.5 Å². The number of alkyl halides is 1. The van der Waals surface area contributed by atoms with Gasteiger partial charge in [-0.25, -0.2) is 4.98 Å². The highest BCUT2D eigenvalue weighted by molar-refractivity contribution is 7.15. The van der Waals surface area contributed by atoms with E-state index in [1.807, 2.05) is 0 Å². The molecule has 1 aliphatic rings. The van der Waals surface area contributed by atoms with E-state index >= 15 is 0 Å². The maximum atomic E-state index is 5.79. The Kier molecular flexibility index (Phi) is 3.87. The third kappa shape index (κ3) is 2.56. The molecule has 0 saturated carbocycles. The number of hydrogen-bond acceptors (Lipinski definition) is 3. The lowest BCUT2D eigenvalue weighted by molar-refractivity contribution is 0.231. The first-order valence-electron chi connectivity index (χ1n) is 6.58. The average molecular weight is 284 g/mol. The predicted molar refractivity (Wildman–Crippen MR) is 76.5 cm³/mol. The molecule has 0 aromatic carbocycles. The monoisotopic (exact) mass is 283 g/mol. The zero-order chi connectivity index (χ0) is 12.4. The largest absolute Gasteiger partial charge is 0.297 e. The fourth-order valence-corrected chi connectivity index (χ4v) is 3.68. The van der Waals surface area contributed by atoms with Gasteiger partial charge in [0.25, 0.3) is 0 Å². The van der Waals surface area contributed by atoms with Gasteiger partial charge >= 0.3 is 0 Å². The number of nitrogens with zero attached hydrogens (tertiary/aromatic N) is 3. The van der Waals surface area contributed by atoms with Crippen LogP contribution in [-0.2, 0) is 6.54 Å². The highest BCUT2D eigenvalue weighted by Crippen LogP contribution is 2.24. The fraction of sp³-hybridized carbons (Fsp3) is 0.615. The molecule has 1 aliphatic heterocycles. The standard InChI is InChI=1S/C13H18ClN3S/c14-5-1-3-12-4-2-6-16(12)9-11-10-17-7-8-18-13(17)15-11/h7-8,10,12H,1-6,9H2. The van der Waals surface area contributed by atoms with Crippen molar-refractivity contribution in [3.63, 3.8) is 0 Å². The molecule has 0 bridgehead atoms. The van der Waals surface area contributed by atoms with Crippen LogP contribution in [0.3, 0.4) is 0 Å². The summed E-state index contributed by atoms with van der Waals surface area (Å²) in [5.74, 6) is 0.782. The van der Waals surface area contributed by atoms with Crippen molar-refractivity contribution in [1.82, 2.24) is 14.3 Å². The second-order valence-electron chi connectivity index (χ2n) is 4.92. The van der Waals surface area contributed by atoms with Gasteiger partial charge in [-0.2, -0.15) is 0 Å². The SMILES string of the molecule is ClCCCC1CCCN1Cc1cn2ccsc2n1. The Balaban J connectivity index is 1.65. The summed E-state index contributed by atoms with van der Waals surface area (Å²) in [4.78, 5) is 8.33. The van der Waals surface area contributed by atoms with Crippen molar-refractivity contribution < 1.29 is 0 Å². The molecule has 1 fully saturated rings. The normalized spacial score (nSPS) is 21.1. The Bertz CT molecular complexity index is 479. The van der Waals surface area contributed by atoms with Crippen molar-refractivity contribution in [2.24, 2.45) is 0 Å². The van der Waals surface area contributed by atoms with Gasteiger partial charge < -0.3 is 0 Å². The van der Waals surface area contributed by atoms with Gasteiger partial charge in [0.15, 0.2) is 4.96 Å². The van der Waals surface area contributed by atoms with Crippen LogP contribution >= 0.6 is 22.9 Å². The Morgan fingerprint density at radius 2 is 2.44 bits per heavy atom. The van der Waals surface area contributed by atoms with Gasteiger partial charge in [0.05, 0.1) is 5.69 Å². The van der Waals surface area contributed by atoms with Gasteiger partial charge in [-0.15, -0.1) is 22.9 Å². The van der Waals surface area contributed by atoms with Gasteiger partial charge in [-0.3, -0.25) is 9.30 Å². The molecular formula is C13H18ClN3S. The van der Waals surface area contributed by atoms with E-state index in [4.69, 9.17) is 11.6 Å². The van der Waals surface area contributed by atoms with E-state index in [9.17, 15) is 0 Å². The first-order chi connectivity index (χ1) is 8.86. The number of hydrogen-bond donors (Lipinski definition) is 0. The van der Waals surface area contributed by atoms with E-state index in [1.165, 1.54) is 31.5 Å². The molecule has 98 valence electrons. The average Bonchev–Trinajstić information content (AvgIpc) is 3.02. The number of likely N-dealkylation sites (tertiary alicyclic amines) is 1. The lowest BCUT2D eigenvalue weighted by Crippen LogP contribution is -2.29. The first kappa shape index (κ1) is 12.5. The second-order valence-corrected chi connectivity index (χ2v) is 6.17. The van der Waals surface area contributed by atoms with Crippen molar-refractivity contribution in [3.05, 3.63) is 23.5 Å². The molecule has 2 aromatic heterocycles.